The van der Waals surface area contributed by atoms with E-state index in [2.05, 4.69) is 4.40 Å². The van der Waals surface area contributed by atoms with Crippen molar-refractivity contribution in [3.05, 3.63) is 29.8 Å². The topological polar surface area (TPSA) is 70.0 Å². The fraction of sp³-hybridized carbons (Fsp3) is 0.619. The molecule has 2 saturated heterocycles. The van der Waals surface area contributed by atoms with Gasteiger partial charge in [0, 0.05) is 25.2 Å². The lowest BCUT2D eigenvalue weighted by atomic mass is 9.75. The number of amidine groups is 1. The molecule has 150 valence electrons. The fourth-order valence-electron chi connectivity index (χ4n) is 5.58. The number of amides is 1. The summed E-state index contributed by atoms with van der Waals surface area (Å²) in [5, 5.41) is 0. The number of carbonyl (C=O) groups is 1. The highest BCUT2D eigenvalue weighted by Gasteiger charge is 2.42. The van der Waals surface area contributed by atoms with E-state index in [4.69, 9.17) is 0 Å². The van der Waals surface area contributed by atoms with Crippen molar-refractivity contribution in [2.45, 2.75) is 55.9 Å². The van der Waals surface area contributed by atoms with Crippen molar-refractivity contribution in [1.29, 1.82) is 0 Å². The summed E-state index contributed by atoms with van der Waals surface area (Å²) in [4.78, 5) is 17.6. The smallest absolute Gasteiger partial charge is 0.285 e. The molecule has 5 rings (SSSR count). The Hall–Kier alpha value is -1.89. The number of hydrogen-bond donors (Lipinski definition) is 0. The summed E-state index contributed by atoms with van der Waals surface area (Å²) in [5.41, 5.74) is 0.633. The van der Waals surface area contributed by atoms with E-state index in [0.717, 1.165) is 38.3 Å². The van der Waals surface area contributed by atoms with Crippen LogP contribution in [0, 0.1) is 11.8 Å². The summed E-state index contributed by atoms with van der Waals surface area (Å²) in [5.74, 6) is 2.05. The summed E-state index contributed by atoms with van der Waals surface area (Å²) >= 11 is 0. The number of rotatable bonds is 1. The van der Waals surface area contributed by atoms with Gasteiger partial charge in [-0.05, 0) is 49.7 Å². The van der Waals surface area contributed by atoms with Gasteiger partial charge in [0.1, 0.15) is 10.9 Å². The largest absolute Gasteiger partial charge is 0.343 e. The van der Waals surface area contributed by atoms with Crippen LogP contribution in [0.25, 0.3) is 0 Å². The molecule has 0 unspecified atom stereocenters. The van der Waals surface area contributed by atoms with Gasteiger partial charge in [-0.25, -0.2) is 0 Å². The number of nitrogens with zero attached hydrogens (tertiary/aromatic N) is 3. The number of piperidine rings is 1. The molecular weight excluding hydrogens is 374 g/mol. The molecule has 3 aliphatic heterocycles. The van der Waals surface area contributed by atoms with Gasteiger partial charge >= 0.3 is 0 Å². The third-order valence-corrected chi connectivity index (χ3v) is 8.35. The van der Waals surface area contributed by atoms with Gasteiger partial charge < -0.3 is 9.80 Å². The minimum Gasteiger partial charge on any atom is -0.343 e. The van der Waals surface area contributed by atoms with Crippen molar-refractivity contribution in [1.82, 2.24) is 9.80 Å². The molecule has 28 heavy (non-hydrogen) atoms. The molecule has 4 aliphatic rings. The number of sulfonamides is 1. The van der Waals surface area contributed by atoms with Crippen LogP contribution in [0.1, 0.15) is 50.5 Å². The Bertz CT molecular complexity index is 927. The van der Waals surface area contributed by atoms with Gasteiger partial charge in [-0.2, -0.15) is 8.42 Å². The first-order valence-corrected chi connectivity index (χ1v) is 12.0. The van der Waals surface area contributed by atoms with Crippen LogP contribution >= 0.6 is 0 Å². The first-order valence-electron chi connectivity index (χ1n) is 10.5. The highest BCUT2D eigenvalue weighted by molar-refractivity contribution is 7.90. The van der Waals surface area contributed by atoms with Gasteiger partial charge in [0.05, 0.1) is 0 Å². The third-order valence-electron chi connectivity index (χ3n) is 7.03. The van der Waals surface area contributed by atoms with Crippen LogP contribution in [0.15, 0.2) is 33.6 Å². The van der Waals surface area contributed by atoms with Crippen molar-refractivity contribution >= 4 is 21.8 Å². The monoisotopic (exact) mass is 401 g/mol. The molecule has 3 atom stereocenters. The molecule has 3 fully saturated rings. The molecule has 1 amide bonds. The van der Waals surface area contributed by atoms with E-state index in [1.807, 2.05) is 15.9 Å². The van der Waals surface area contributed by atoms with Crippen LogP contribution in [0.5, 0.6) is 0 Å². The number of hydrogen-bond acceptors (Lipinski definition) is 4. The van der Waals surface area contributed by atoms with E-state index in [0.29, 0.717) is 23.9 Å². The lowest BCUT2D eigenvalue weighted by Crippen LogP contribution is -2.52. The van der Waals surface area contributed by atoms with Crippen molar-refractivity contribution < 1.29 is 13.2 Å². The predicted octanol–water partition coefficient (Wildman–Crippen LogP) is 2.64. The van der Waals surface area contributed by atoms with E-state index in [1.54, 1.807) is 18.2 Å². The van der Waals surface area contributed by atoms with Gasteiger partial charge in [0.15, 0.2) is 5.84 Å². The highest BCUT2D eigenvalue weighted by atomic mass is 32.2. The van der Waals surface area contributed by atoms with Gasteiger partial charge in [-0.3, -0.25) is 4.79 Å². The zero-order chi connectivity index (χ0) is 19.3. The molecule has 1 aliphatic carbocycles. The average Bonchev–Trinajstić information content (AvgIpc) is 3.30. The molecule has 1 aromatic carbocycles. The van der Waals surface area contributed by atoms with Crippen LogP contribution in [-0.4, -0.2) is 55.6 Å². The van der Waals surface area contributed by atoms with E-state index in [1.165, 1.54) is 25.7 Å². The van der Waals surface area contributed by atoms with Crippen molar-refractivity contribution in [2.24, 2.45) is 16.2 Å². The molecule has 0 N–H and O–H groups in total. The quantitative estimate of drug-likeness (QED) is 0.725. The number of carbonyl (C=O) groups excluding carboxylic acids is 1. The van der Waals surface area contributed by atoms with Crippen molar-refractivity contribution in [2.75, 3.05) is 19.6 Å². The van der Waals surface area contributed by atoms with E-state index in [-0.39, 0.29) is 16.8 Å². The van der Waals surface area contributed by atoms with Crippen molar-refractivity contribution in [3.8, 4) is 0 Å². The lowest BCUT2D eigenvalue weighted by Gasteiger charge is -2.42. The summed E-state index contributed by atoms with van der Waals surface area (Å²) < 4.78 is 29.0. The number of fused-ring (bicyclic) bond motifs is 2. The third kappa shape index (κ3) is 2.95. The van der Waals surface area contributed by atoms with Crippen LogP contribution in [0.2, 0.25) is 0 Å². The maximum atomic E-state index is 13.4. The van der Waals surface area contributed by atoms with Gasteiger partial charge in [0.2, 0.25) is 5.91 Å². The normalized spacial score (nSPS) is 31.3. The Balaban J connectivity index is 1.38. The van der Waals surface area contributed by atoms with E-state index >= 15 is 0 Å². The first kappa shape index (κ1) is 18.2. The van der Waals surface area contributed by atoms with E-state index < -0.39 is 10.0 Å². The number of likely N-dealkylation sites (tertiary alicyclic amines) is 2. The summed E-state index contributed by atoms with van der Waals surface area (Å²) in [6.45, 7) is 2.39. The molecule has 0 aromatic heterocycles. The van der Waals surface area contributed by atoms with Gasteiger partial charge in [0.25, 0.3) is 10.0 Å². The summed E-state index contributed by atoms with van der Waals surface area (Å²) in [7, 11) is -3.66. The molecule has 0 radical (unpaired) electrons. The molecule has 0 spiro atoms. The second-order valence-corrected chi connectivity index (χ2v) is 10.2. The fourth-order valence-corrected chi connectivity index (χ4v) is 6.80. The Labute approximate surface area is 166 Å². The maximum Gasteiger partial charge on any atom is 0.285 e. The van der Waals surface area contributed by atoms with Crippen LogP contribution in [0.3, 0.4) is 0 Å². The zero-order valence-corrected chi connectivity index (χ0v) is 16.9. The Morgan fingerprint density at radius 1 is 0.964 bits per heavy atom. The minimum atomic E-state index is -3.66. The predicted molar refractivity (Wildman–Crippen MR) is 107 cm³/mol. The van der Waals surface area contributed by atoms with Gasteiger partial charge in [-0.1, -0.05) is 31.4 Å². The number of benzene rings is 1. The van der Waals surface area contributed by atoms with Gasteiger partial charge in [-0.15, -0.1) is 4.40 Å². The van der Waals surface area contributed by atoms with Crippen LogP contribution in [0.4, 0.5) is 0 Å². The molecule has 7 heteroatoms. The molecular formula is C21H27N3O3S. The Morgan fingerprint density at radius 3 is 2.61 bits per heavy atom. The Kier molecular flexibility index (Phi) is 4.45. The SMILES string of the molecule is O=C([C@@H]1CCCN1C1=NS(=O)(=O)c2ccccc21)N1CC[C@@H]2CCCC[C@H]2C1. The molecule has 3 heterocycles. The molecule has 6 nitrogen and oxygen atoms in total. The average molecular weight is 402 g/mol. The first-order chi connectivity index (χ1) is 13.5. The molecule has 0 bridgehead atoms. The van der Waals surface area contributed by atoms with E-state index in [9.17, 15) is 13.2 Å². The van der Waals surface area contributed by atoms with Crippen LogP contribution < -0.4 is 0 Å². The molecule has 1 aromatic rings. The zero-order valence-electron chi connectivity index (χ0n) is 16.1. The van der Waals surface area contributed by atoms with Crippen molar-refractivity contribution in [3.63, 3.8) is 0 Å². The standard InChI is InChI=1S/C21H27N3O3S/c25-21(23-13-11-15-6-1-2-7-16(15)14-23)18-9-5-12-24(18)20-17-8-3-4-10-19(17)28(26,27)22-20/h3-4,8,10,15-16,18H,1-2,5-7,9,11-14H2/t15-,16-,18-/m0/s1. The maximum absolute atomic E-state index is 13.4. The van der Waals surface area contributed by atoms with Crippen LogP contribution in [-0.2, 0) is 14.8 Å². The Morgan fingerprint density at radius 2 is 1.75 bits per heavy atom. The second-order valence-electron chi connectivity index (χ2n) is 8.62. The second kappa shape index (κ2) is 6.87. The summed E-state index contributed by atoms with van der Waals surface area (Å²) in [6, 6.07) is 6.65. The molecule has 1 saturated carbocycles. The minimum absolute atomic E-state index is 0.158. The highest BCUT2D eigenvalue weighted by Crippen LogP contribution is 2.37. The summed E-state index contributed by atoms with van der Waals surface area (Å²) in [6.07, 6.45) is 7.93. The lowest BCUT2D eigenvalue weighted by molar-refractivity contribution is -0.138.